The lowest BCUT2D eigenvalue weighted by Gasteiger charge is -2.32. The van der Waals surface area contributed by atoms with Gasteiger partial charge in [-0.15, -0.1) is 13.2 Å². The summed E-state index contributed by atoms with van der Waals surface area (Å²) in [6.07, 6.45) is 7.70. The Balaban J connectivity index is 1.47. The molecule has 13 heteroatoms. The molecule has 306 valence electrons. The van der Waals surface area contributed by atoms with Crippen molar-refractivity contribution >= 4 is 44.4 Å². The van der Waals surface area contributed by atoms with E-state index in [2.05, 4.69) is 29.8 Å². The van der Waals surface area contributed by atoms with E-state index >= 15 is 0 Å². The van der Waals surface area contributed by atoms with Crippen LogP contribution in [-0.2, 0) is 45.3 Å². The Hall–Kier alpha value is -4.10. The van der Waals surface area contributed by atoms with Crippen LogP contribution in [-0.4, -0.2) is 78.5 Å². The number of allylic oxidation sites excluding steroid dienone is 2. The molecule has 3 fully saturated rings. The smallest absolute Gasteiger partial charge is 0.307 e. The standard InChI is InChI=1S/C43H59N3O9S/c1-9-11-14-27(3)19-28(4)35(21-38(48)55-42(5,6)7)40(49)46-25-31(54-39-34-16-13-12-15-33(34)29(24-44-39)26-53-8)20-36(46)37(47)23-43(22-30(43)10-2)41(50)45-56(51,52)32-17-18-32/h9-10,12-13,15-16,24,27-28,30-32,35-36H,1-2,11,14,17-23,25-26H2,3-8H3,(H,45,50)/t27?,28-,30-,31-,35?,36+,43-/m1/s1. The summed E-state index contributed by atoms with van der Waals surface area (Å²) in [4.78, 5) is 62.6. The van der Waals surface area contributed by atoms with E-state index in [0.717, 1.165) is 29.2 Å². The Morgan fingerprint density at radius 1 is 1.11 bits per heavy atom. The number of sulfonamides is 1. The fourth-order valence-corrected chi connectivity index (χ4v) is 9.50. The minimum Gasteiger partial charge on any atom is -0.472 e. The zero-order valence-electron chi connectivity index (χ0n) is 33.8. The SMILES string of the molecule is C=CCCC(C)C[C@@H](C)C(CC(=O)OC(C)(C)C)C(=O)N1C[C@H](Oc2ncc(COC)c3ccccc23)C[C@H]1C(=O)C[C@]1(C(=O)NS(=O)(=O)C2CC2)C[C@H]1C=C. The van der Waals surface area contributed by atoms with Gasteiger partial charge in [0.15, 0.2) is 5.78 Å². The quantitative estimate of drug-likeness (QED) is 0.116. The highest BCUT2D eigenvalue weighted by molar-refractivity contribution is 7.90. The van der Waals surface area contributed by atoms with Crippen LogP contribution in [0.1, 0.15) is 98.0 Å². The van der Waals surface area contributed by atoms with Gasteiger partial charge in [-0.25, -0.2) is 13.4 Å². The van der Waals surface area contributed by atoms with Crippen molar-refractivity contribution in [1.29, 1.82) is 0 Å². The number of Topliss-reactive ketones (excluding diaryl/α,β-unsaturated/α-hetero) is 1. The fourth-order valence-electron chi connectivity index (χ4n) is 8.11. The van der Waals surface area contributed by atoms with Gasteiger partial charge in [0.05, 0.1) is 42.2 Å². The van der Waals surface area contributed by atoms with Crippen molar-refractivity contribution < 1.29 is 41.8 Å². The molecule has 1 aliphatic heterocycles. The van der Waals surface area contributed by atoms with Crippen LogP contribution in [0.25, 0.3) is 10.8 Å². The molecule has 1 aromatic heterocycles. The van der Waals surface area contributed by atoms with E-state index < -0.39 is 62.1 Å². The largest absolute Gasteiger partial charge is 0.472 e. The van der Waals surface area contributed by atoms with Crippen LogP contribution in [0.4, 0.5) is 0 Å². The number of esters is 1. The van der Waals surface area contributed by atoms with Crippen LogP contribution >= 0.6 is 0 Å². The minimum atomic E-state index is -3.86. The van der Waals surface area contributed by atoms with Crippen molar-refractivity contribution in [1.82, 2.24) is 14.6 Å². The van der Waals surface area contributed by atoms with Gasteiger partial charge in [-0.05, 0) is 88.5 Å². The van der Waals surface area contributed by atoms with Gasteiger partial charge in [-0.3, -0.25) is 23.9 Å². The van der Waals surface area contributed by atoms with Crippen molar-refractivity contribution in [2.75, 3.05) is 13.7 Å². The summed E-state index contributed by atoms with van der Waals surface area (Å²) >= 11 is 0. The lowest BCUT2D eigenvalue weighted by atomic mass is 9.82. The Labute approximate surface area is 331 Å². The van der Waals surface area contributed by atoms with Gasteiger partial charge in [0.2, 0.25) is 27.7 Å². The van der Waals surface area contributed by atoms with Crippen LogP contribution in [0, 0.1) is 29.1 Å². The molecule has 12 nitrogen and oxygen atoms in total. The molecule has 56 heavy (non-hydrogen) atoms. The lowest BCUT2D eigenvalue weighted by molar-refractivity contribution is -0.160. The number of ketones is 1. The molecule has 1 aromatic carbocycles. The number of ether oxygens (including phenoxy) is 3. The number of pyridine rings is 1. The normalized spacial score (nSPS) is 23.8. The molecule has 0 spiro atoms. The number of likely N-dealkylation sites (tertiary alicyclic amines) is 1. The lowest BCUT2D eigenvalue weighted by Crippen LogP contribution is -2.47. The van der Waals surface area contributed by atoms with Crippen molar-refractivity contribution in [3.05, 3.63) is 61.3 Å². The van der Waals surface area contributed by atoms with Crippen LogP contribution in [0.15, 0.2) is 55.8 Å². The third-order valence-corrected chi connectivity index (χ3v) is 13.2. The van der Waals surface area contributed by atoms with Crippen LogP contribution in [0.3, 0.4) is 0 Å². The first-order valence-corrected chi connectivity index (χ1v) is 21.3. The molecular formula is C43H59N3O9S. The number of aromatic nitrogens is 1. The van der Waals surface area contributed by atoms with E-state index in [4.69, 9.17) is 14.2 Å². The second kappa shape index (κ2) is 17.6. The van der Waals surface area contributed by atoms with Gasteiger partial charge in [-0.2, -0.15) is 0 Å². The number of hydrogen-bond donors (Lipinski definition) is 1. The average Bonchev–Trinajstić information content (AvgIpc) is 4.06. The minimum absolute atomic E-state index is 0.0365. The highest BCUT2D eigenvalue weighted by Crippen LogP contribution is 2.57. The average molecular weight is 794 g/mol. The topological polar surface area (TPSA) is 158 Å². The number of hydrogen-bond acceptors (Lipinski definition) is 10. The molecule has 2 aliphatic carbocycles. The van der Waals surface area contributed by atoms with E-state index in [1.54, 1.807) is 40.2 Å². The predicted molar refractivity (Wildman–Crippen MR) is 214 cm³/mol. The van der Waals surface area contributed by atoms with Crippen LogP contribution in [0.5, 0.6) is 5.88 Å². The highest BCUT2D eigenvalue weighted by Gasteiger charge is 2.61. The molecule has 1 N–H and O–H groups in total. The van der Waals surface area contributed by atoms with Crippen molar-refractivity contribution in [3.63, 3.8) is 0 Å². The molecule has 2 unspecified atom stereocenters. The zero-order valence-corrected chi connectivity index (χ0v) is 34.6. The van der Waals surface area contributed by atoms with Gasteiger partial charge < -0.3 is 19.1 Å². The van der Waals surface area contributed by atoms with Crippen LogP contribution in [0.2, 0.25) is 0 Å². The summed E-state index contributed by atoms with van der Waals surface area (Å²) in [6, 6.07) is 6.63. The first kappa shape index (κ1) is 43.0. The molecule has 2 heterocycles. The molecule has 1 saturated heterocycles. The molecular weight excluding hydrogens is 735 g/mol. The number of fused-ring (bicyclic) bond motifs is 1. The summed E-state index contributed by atoms with van der Waals surface area (Å²) in [5.74, 6) is -2.87. The number of nitrogens with one attached hydrogen (secondary N) is 1. The van der Waals surface area contributed by atoms with E-state index in [-0.39, 0.29) is 55.8 Å². The maximum Gasteiger partial charge on any atom is 0.307 e. The number of benzene rings is 1. The summed E-state index contributed by atoms with van der Waals surface area (Å²) in [6.45, 7) is 17.4. The number of carbonyl (C=O) groups excluding carboxylic acids is 4. The third-order valence-electron chi connectivity index (χ3n) is 11.3. The summed E-state index contributed by atoms with van der Waals surface area (Å²) in [7, 11) is -2.25. The number of nitrogens with zero attached hydrogens (tertiary/aromatic N) is 2. The predicted octanol–water partition coefficient (Wildman–Crippen LogP) is 6.47. The second-order valence-corrected chi connectivity index (χ2v) is 19.1. The van der Waals surface area contributed by atoms with E-state index in [1.807, 2.05) is 37.3 Å². The van der Waals surface area contributed by atoms with Crippen molar-refractivity contribution in [3.8, 4) is 5.88 Å². The monoisotopic (exact) mass is 793 g/mol. The Morgan fingerprint density at radius 2 is 1.80 bits per heavy atom. The van der Waals surface area contributed by atoms with Crippen LogP contribution < -0.4 is 9.46 Å². The zero-order chi connectivity index (χ0) is 41.0. The molecule has 2 saturated carbocycles. The van der Waals surface area contributed by atoms with E-state index in [1.165, 1.54) is 4.90 Å². The van der Waals surface area contributed by atoms with Crippen molar-refractivity contribution in [2.24, 2.45) is 29.1 Å². The molecule has 2 aromatic rings. The molecule has 7 atom stereocenters. The maximum absolute atomic E-state index is 14.9. The van der Waals surface area contributed by atoms with Gasteiger partial charge in [0.25, 0.3) is 0 Å². The Morgan fingerprint density at radius 3 is 2.41 bits per heavy atom. The van der Waals surface area contributed by atoms with Gasteiger partial charge >= 0.3 is 5.97 Å². The third kappa shape index (κ3) is 10.2. The van der Waals surface area contributed by atoms with E-state index in [0.29, 0.717) is 31.7 Å². The summed E-state index contributed by atoms with van der Waals surface area (Å²) < 4.78 is 45.5. The highest BCUT2D eigenvalue weighted by atomic mass is 32.2. The number of amides is 2. The Kier molecular flexibility index (Phi) is 13.5. The molecule has 0 bridgehead atoms. The molecule has 3 aliphatic rings. The summed E-state index contributed by atoms with van der Waals surface area (Å²) in [5.41, 5.74) is -1.19. The number of rotatable bonds is 20. The second-order valence-electron chi connectivity index (χ2n) is 17.2. The van der Waals surface area contributed by atoms with Gasteiger partial charge in [-0.1, -0.05) is 44.2 Å². The first-order chi connectivity index (χ1) is 26.4. The molecule has 0 radical (unpaired) electrons. The fraction of sp³-hybridized carbons (Fsp3) is 0.605. The molecule has 2 amide bonds. The number of carbonyl (C=O) groups is 4. The first-order valence-electron chi connectivity index (χ1n) is 19.8. The van der Waals surface area contributed by atoms with Gasteiger partial charge in [0.1, 0.15) is 11.7 Å². The Bertz CT molecular complexity index is 1920. The maximum atomic E-state index is 14.9. The summed E-state index contributed by atoms with van der Waals surface area (Å²) in [5, 5.41) is 1.03. The van der Waals surface area contributed by atoms with Gasteiger partial charge in [0, 0.05) is 37.1 Å². The van der Waals surface area contributed by atoms with Crippen molar-refractivity contribution in [2.45, 2.75) is 122 Å². The van der Waals surface area contributed by atoms with E-state index in [9.17, 15) is 27.6 Å². The molecule has 5 rings (SSSR count). The number of methoxy groups -OCH3 is 1.